The fourth-order valence-electron chi connectivity index (χ4n) is 2.85. The predicted molar refractivity (Wildman–Crippen MR) is 85.1 cm³/mol. The minimum absolute atomic E-state index is 0.0529. The van der Waals surface area contributed by atoms with Crippen LogP contribution < -0.4 is 5.32 Å². The molecule has 0 heterocycles. The minimum atomic E-state index is -3.89. The van der Waals surface area contributed by atoms with Crippen LogP contribution in [0.4, 0.5) is 0 Å². The Labute approximate surface area is 139 Å². The smallest absolute Gasteiger partial charge is 0.305 e. The van der Waals surface area contributed by atoms with Crippen molar-refractivity contribution in [3.05, 3.63) is 29.3 Å². The Hall–Kier alpha value is -1.60. The lowest BCUT2D eigenvalue weighted by atomic mass is 10.1. The van der Waals surface area contributed by atoms with Crippen LogP contribution >= 0.6 is 11.6 Å². The third kappa shape index (κ3) is 3.50. The molecule has 6 nitrogen and oxygen atoms in total. The maximum absolute atomic E-state index is 13.0. The number of aliphatic carboxylic acids is 1. The number of hydrogen-bond donors (Lipinski definition) is 2. The van der Waals surface area contributed by atoms with E-state index in [-0.39, 0.29) is 30.7 Å². The summed E-state index contributed by atoms with van der Waals surface area (Å²) in [5, 5.41) is 11.5. The Kier molecular flexibility index (Phi) is 5.31. The molecule has 1 aromatic carbocycles. The molecule has 1 aliphatic carbocycles. The van der Waals surface area contributed by atoms with Gasteiger partial charge in [-0.05, 0) is 37.1 Å². The molecule has 0 radical (unpaired) electrons. The van der Waals surface area contributed by atoms with Gasteiger partial charge in [-0.15, -0.1) is 0 Å². The van der Waals surface area contributed by atoms with Crippen molar-refractivity contribution in [1.82, 2.24) is 5.32 Å². The first-order chi connectivity index (χ1) is 10.8. The van der Waals surface area contributed by atoms with Crippen LogP contribution in [0, 0.1) is 0 Å². The molecule has 0 spiro atoms. The second-order valence-corrected chi connectivity index (χ2v) is 8.25. The fraction of sp³-hybridized carbons (Fsp3) is 0.467. The lowest BCUT2D eigenvalue weighted by Crippen LogP contribution is -2.51. The van der Waals surface area contributed by atoms with Gasteiger partial charge in [0.15, 0.2) is 14.6 Å². The quantitative estimate of drug-likeness (QED) is 0.809. The molecule has 8 heteroatoms. The van der Waals surface area contributed by atoms with E-state index < -0.39 is 26.5 Å². The average Bonchev–Trinajstić information content (AvgIpc) is 2.98. The van der Waals surface area contributed by atoms with Crippen LogP contribution in [-0.4, -0.2) is 36.7 Å². The maximum Gasteiger partial charge on any atom is 0.305 e. The van der Waals surface area contributed by atoms with Crippen molar-refractivity contribution >= 4 is 33.3 Å². The van der Waals surface area contributed by atoms with E-state index in [2.05, 4.69) is 5.32 Å². The van der Waals surface area contributed by atoms with Crippen molar-refractivity contribution < 1.29 is 23.1 Å². The van der Waals surface area contributed by atoms with Crippen molar-refractivity contribution in [3.63, 3.8) is 0 Å². The van der Waals surface area contributed by atoms with E-state index in [0.29, 0.717) is 17.9 Å². The summed E-state index contributed by atoms with van der Waals surface area (Å²) in [7, 11) is -3.89. The summed E-state index contributed by atoms with van der Waals surface area (Å²) in [6.07, 6.45) is 1.49. The van der Waals surface area contributed by atoms with Crippen LogP contribution in [0.5, 0.6) is 0 Å². The highest BCUT2D eigenvalue weighted by atomic mass is 35.5. The largest absolute Gasteiger partial charge is 0.481 e. The Morgan fingerprint density at radius 2 is 1.74 bits per heavy atom. The summed E-state index contributed by atoms with van der Waals surface area (Å²) in [6, 6.07) is 5.73. The summed E-state index contributed by atoms with van der Waals surface area (Å²) in [5.74, 6) is -1.67. The van der Waals surface area contributed by atoms with E-state index in [0.717, 1.165) is 0 Å². The van der Waals surface area contributed by atoms with E-state index >= 15 is 0 Å². The molecule has 1 amide bonds. The molecule has 2 rings (SSSR count). The van der Waals surface area contributed by atoms with Gasteiger partial charge in [-0.1, -0.05) is 24.4 Å². The zero-order valence-corrected chi connectivity index (χ0v) is 14.0. The average molecular weight is 360 g/mol. The first kappa shape index (κ1) is 17.7. The first-order valence-electron chi connectivity index (χ1n) is 7.30. The summed E-state index contributed by atoms with van der Waals surface area (Å²) in [4.78, 5) is 23.1. The monoisotopic (exact) mass is 359 g/mol. The minimum Gasteiger partial charge on any atom is -0.481 e. The molecule has 23 heavy (non-hydrogen) atoms. The number of amides is 1. The molecule has 0 unspecified atom stereocenters. The van der Waals surface area contributed by atoms with Crippen LogP contribution in [0.3, 0.4) is 0 Å². The van der Waals surface area contributed by atoms with Gasteiger partial charge in [0, 0.05) is 11.6 Å². The summed E-state index contributed by atoms with van der Waals surface area (Å²) >= 11 is 5.79. The third-order valence-electron chi connectivity index (χ3n) is 4.09. The summed E-state index contributed by atoms with van der Waals surface area (Å²) in [5.41, 5.74) is 0. The number of benzene rings is 1. The van der Waals surface area contributed by atoms with Crippen LogP contribution in [-0.2, 0) is 19.4 Å². The number of hydrogen-bond acceptors (Lipinski definition) is 4. The lowest BCUT2D eigenvalue weighted by Gasteiger charge is -2.27. The van der Waals surface area contributed by atoms with Crippen LogP contribution in [0.15, 0.2) is 29.2 Å². The van der Waals surface area contributed by atoms with E-state index in [4.69, 9.17) is 16.7 Å². The molecule has 1 fully saturated rings. The molecular formula is C15H18ClNO5S. The van der Waals surface area contributed by atoms with E-state index in [1.54, 1.807) is 0 Å². The molecular weight excluding hydrogens is 342 g/mol. The molecule has 0 saturated heterocycles. The van der Waals surface area contributed by atoms with Gasteiger partial charge in [0.25, 0.3) is 0 Å². The van der Waals surface area contributed by atoms with Crippen LogP contribution in [0.25, 0.3) is 0 Å². The normalized spacial score (nSPS) is 16.9. The number of carboxylic acid groups (broad SMARTS) is 1. The highest BCUT2D eigenvalue weighted by Gasteiger charge is 2.52. The van der Waals surface area contributed by atoms with Gasteiger partial charge in [0.1, 0.15) is 0 Å². The molecule has 0 atom stereocenters. The van der Waals surface area contributed by atoms with E-state index in [1.165, 1.54) is 24.3 Å². The Morgan fingerprint density at radius 1 is 1.17 bits per heavy atom. The van der Waals surface area contributed by atoms with Crippen molar-refractivity contribution in [3.8, 4) is 0 Å². The van der Waals surface area contributed by atoms with Gasteiger partial charge in [0.05, 0.1) is 11.3 Å². The van der Waals surface area contributed by atoms with Gasteiger partial charge in [0.2, 0.25) is 5.91 Å². The van der Waals surface area contributed by atoms with Gasteiger partial charge in [-0.25, -0.2) is 8.42 Å². The van der Waals surface area contributed by atoms with Gasteiger partial charge in [-0.3, -0.25) is 9.59 Å². The number of carbonyl (C=O) groups is 2. The fourth-order valence-corrected chi connectivity index (χ4v) is 5.06. The van der Waals surface area contributed by atoms with Gasteiger partial charge < -0.3 is 10.4 Å². The molecule has 126 valence electrons. The highest BCUT2D eigenvalue weighted by Crippen LogP contribution is 2.41. The van der Waals surface area contributed by atoms with E-state index in [9.17, 15) is 18.0 Å². The van der Waals surface area contributed by atoms with Crippen molar-refractivity contribution in [2.45, 2.75) is 41.7 Å². The van der Waals surface area contributed by atoms with Crippen LogP contribution in [0.2, 0.25) is 5.02 Å². The molecule has 1 aliphatic rings. The molecule has 1 saturated carbocycles. The number of rotatable bonds is 6. The van der Waals surface area contributed by atoms with Gasteiger partial charge >= 0.3 is 5.97 Å². The number of carboxylic acids is 1. The second kappa shape index (κ2) is 6.88. The van der Waals surface area contributed by atoms with Crippen molar-refractivity contribution in [2.24, 2.45) is 0 Å². The maximum atomic E-state index is 13.0. The highest BCUT2D eigenvalue weighted by molar-refractivity contribution is 7.93. The Morgan fingerprint density at radius 3 is 2.26 bits per heavy atom. The number of sulfone groups is 1. The molecule has 0 aliphatic heterocycles. The number of nitrogens with one attached hydrogen (secondary N) is 1. The number of carbonyl (C=O) groups excluding carboxylic acids is 1. The van der Waals surface area contributed by atoms with Gasteiger partial charge in [-0.2, -0.15) is 0 Å². The standard InChI is InChI=1S/C15H18ClNO5S/c16-11-3-5-12(6-4-11)23(21,22)15(8-1-2-9-15)14(20)17-10-7-13(18)19/h3-6H,1-2,7-10H2,(H,17,20)(H,18,19). The Balaban J connectivity index is 2.30. The zero-order chi connectivity index (χ0) is 17.1. The SMILES string of the molecule is O=C(O)CCNC(=O)C1(S(=O)(=O)c2ccc(Cl)cc2)CCCC1. The van der Waals surface area contributed by atoms with Crippen LogP contribution in [0.1, 0.15) is 32.1 Å². The first-order valence-corrected chi connectivity index (χ1v) is 9.16. The number of halogens is 1. The lowest BCUT2D eigenvalue weighted by molar-refractivity contribution is -0.137. The van der Waals surface area contributed by atoms with E-state index in [1.807, 2.05) is 0 Å². The second-order valence-electron chi connectivity index (χ2n) is 5.56. The molecule has 2 N–H and O–H groups in total. The predicted octanol–water partition coefficient (Wildman–Crippen LogP) is 2.02. The zero-order valence-electron chi connectivity index (χ0n) is 12.4. The molecule has 0 bridgehead atoms. The summed E-state index contributed by atoms with van der Waals surface area (Å²) in [6.45, 7) is -0.0912. The third-order valence-corrected chi connectivity index (χ3v) is 6.86. The van der Waals surface area contributed by atoms with Crippen molar-refractivity contribution in [1.29, 1.82) is 0 Å². The summed E-state index contributed by atoms with van der Waals surface area (Å²) < 4.78 is 24.4. The van der Waals surface area contributed by atoms with Crippen molar-refractivity contribution in [2.75, 3.05) is 6.54 Å². The molecule has 0 aromatic heterocycles. The topological polar surface area (TPSA) is 101 Å². The Bertz CT molecular complexity index is 693. The molecule has 1 aromatic rings.